The van der Waals surface area contributed by atoms with Crippen LogP contribution in [0, 0.1) is 0 Å². The molecule has 0 amide bonds. The number of benzene rings is 2. The van der Waals surface area contributed by atoms with E-state index in [0.29, 0.717) is 16.7 Å². The molecule has 2 aromatic rings. The Kier molecular flexibility index (Phi) is 5.48. The van der Waals surface area contributed by atoms with Crippen molar-refractivity contribution in [1.29, 1.82) is 0 Å². The zero-order valence-electron chi connectivity index (χ0n) is 11.9. The molecule has 0 fully saturated rings. The second kappa shape index (κ2) is 7.34. The number of hydrazone groups is 1. The van der Waals surface area contributed by atoms with E-state index < -0.39 is 0 Å². The van der Waals surface area contributed by atoms with Crippen LogP contribution in [-0.2, 0) is 6.61 Å². The van der Waals surface area contributed by atoms with Gasteiger partial charge in [0.2, 0.25) is 0 Å². The minimum Gasteiger partial charge on any atom is -0.489 e. The lowest BCUT2D eigenvalue weighted by Crippen LogP contribution is -2.02. The van der Waals surface area contributed by atoms with E-state index >= 15 is 0 Å². The van der Waals surface area contributed by atoms with Crippen LogP contribution < -0.4 is 4.74 Å². The van der Waals surface area contributed by atoms with Gasteiger partial charge in [-0.3, -0.25) is 0 Å². The molecule has 0 aliphatic rings. The van der Waals surface area contributed by atoms with Gasteiger partial charge in [0.15, 0.2) is 0 Å². The fourth-order valence-electron chi connectivity index (χ4n) is 1.67. The Morgan fingerprint density at radius 2 is 1.95 bits per heavy atom. The first-order valence-electron chi connectivity index (χ1n) is 6.43. The molecule has 2 rings (SSSR count). The molecule has 0 saturated carbocycles. The summed E-state index contributed by atoms with van der Waals surface area (Å²) in [6, 6.07) is 13.1. The minimum absolute atomic E-state index is 0.393. The second-order valence-corrected chi connectivity index (χ2v) is 5.53. The lowest BCUT2D eigenvalue weighted by molar-refractivity contribution is 0.306. The number of hydrogen-bond acceptors (Lipinski definition) is 3. The van der Waals surface area contributed by atoms with Gasteiger partial charge in [0.1, 0.15) is 12.4 Å². The Balaban J connectivity index is 2.04. The maximum Gasteiger partial charge on any atom is 0.120 e. The van der Waals surface area contributed by atoms with Crippen LogP contribution in [0.4, 0.5) is 0 Å². The largest absolute Gasteiger partial charge is 0.489 e. The summed E-state index contributed by atoms with van der Waals surface area (Å²) in [6.07, 6.45) is 1.78. The smallest absolute Gasteiger partial charge is 0.120 e. The van der Waals surface area contributed by atoms with Crippen LogP contribution in [0.5, 0.6) is 5.75 Å². The van der Waals surface area contributed by atoms with Crippen LogP contribution >= 0.6 is 23.2 Å². The van der Waals surface area contributed by atoms with E-state index in [1.807, 2.05) is 44.4 Å². The molecule has 110 valence electrons. The molecule has 3 nitrogen and oxygen atoms in total. The van der Waals surface area contributed by atoms with E-state index in [-0.39, 0.29) is 0 Å². The van der Waals surface area contributed by atoms with Crippen molar-refractivity contribution in [3.05, 3.63) is 63.6 Å². The van der Waals surface area contributed by atoms with Crippen molar-refractivity contribution in [2.45, 2.75) is 6.61 Å². The third-order valence-corrected chi connectivity index (χ3v) is 3.29. The average molecular weight is 323 g/mol. The second-order valence-electron chi connectivity index (χ2n) is 4.69. The van der Waals surface area contributed by atoms with Crippen LogP contribution in [0.15, 0.2) is 47.6 Å². The predicted molar refractivity (Wildman–Crippen MR) is 88.5 cm³/mol. The van der Waals surface area contributed by atoms with Gasteiger partial charge in [-0.15, -0.1) is 0 Å². The maximum atomic E-state index is 6.12. The van der Waals surface area contributed by atoms with E-state index in [1.54, 1.807) is 23.4 Å². The third kappa shape index (κ3) is 4.96. The molecule has 21 heavy (non-hydrogen) atoms. The van der Waals surface area contributed by atoms with Gasteiger partial charge >= 0.3 is 0 Å². The highest BCUT2D eigenvalue weighted by Crippen LogP contribution is 2.22. The van der Waals surface area contributed by atoms with Crippen molar-refractivity contribution in [3.8, 4) is 5.75 Å². The highest BCUT2D eigenvalue weighted by Gasteiger charge is 2.03. The SMILES string of the molecule is CN(C)/N=C/c1cccc(OCc2ccc(Cl)cc2Cl)c1. The quantitative estimate of drug-likeness (QED) is 0.599. The van der Waals surface area contributed by atoms with Crippen molar-refractivity contribution in [2.75, 3.05) is 14.1 Å². The maximum absolute atomic E-state index is 6.12. The van der Waals surface area contributed by atoms with E-state index in [9.17, 15) is 0 Å². The van der Waals surface area contributed by atoms with E-state index in [1.165, 1.54) is 0 Å². The molecule has 0 radical (unpaired) electrons. The molecule has 0 bridgehead atoms. The van der Waals surface area contributed by atoms with Gasteiger partial charge in [0, 0.05) is 29.7 Å². The van der Waals surface area contributed by atoms with Crippen molar-refractivity contribution >= 4 is 29.4 Å². The first-order chi connectivity index (χ1) is 10.0. The first kappa shape index (κ1) is 15.7. The predicted octanol–water partition coefficient (Wildman–Crippen LogP) is 4.47. The normalized spacial score (nSPS) is 10.9. The lowest BCUT2D eigenvalue weighted by Gasteiger charge is -2.09. The molecule has 0 aliphatic carbocycles. The Morgan fingerprint density at radius 1 is 1.14 bits per heavy atom. The van der Waals surface area contributed by atoms with E-state index in [2.05, 4.69) is 5.10 Å². The summed E-state index contributed by atoms with van der Waals surface area (Å²) in [6.45, 7) is 0.393. The molecule has 0 unspecified atom stereocenters. The molecule has 0 saturated heterocycles. The molecule has 0 spiro atoms. The fourth-order valence-corrected chi connectivity index (χ4v) is 2.13. The van der Waals surface area contributed by atoms with Crippen LogP contribution in [0.2, 0.25) is 10.0 Å². The van der Waals surface area contributed by atoms with Crippen LogP contribution in [0.1, 0.15) is 11.1 Å². The minimum atomic E-state index is 0.393. The molecule has 0 aliphatic heterocycles. The van der Waals surface area contributed by atoms with Crippen LogP contribution in [0.25, 0.3) is 0 Å². The molecule has 0 heterocycles. The summed E-state index contributed by atoms with van der Waals surface area (Å²) >= 11 is 12.0. The molecular weight excluding hydrogens is 307 g/mol. The van der Waals surface area contributed by atoms with Gasteiger partial charge in [0.25, 0.3) is 0 Å². The topological polar surface area (TPSA) is 24.8 Å². The van der Waals surface area contributed by atoms with Crippen molar-refractivity contribution in [3.63, 3.8) is 0 Å². The first-order valence-corrected chi connectivity index (χ1v) is 7.18. The Hall–Kier alpha value is -1.71. The Bertz CT molecular complexity index is 642. The average Bonchev–Trinajstić information content (AvgIpc) is 2.45. The van der Waals surface area contributed by atoms with Gasteiger partial charge in [-0.05, 0) is 29.8 Å². The summed E-state index contributed by atoms with van der Waals surface area (Å²) < 4.78 is 5.76. The number of ether oxygens (including phenoxy) is 1. The number of hydrogen-bond donors (Lipinski definition) is 0. The summed E-state index contributed by atoms with van der Waals surface area (Å²) in [4.78, 5) is 0. The van der Waals surface area contributed by atoms with Gasteiger partial charge in [-0.25, -0.2) is 0 Å². The van der Waals surface area contributed by atoms with Gasteiger partial charge in [-0.2, -0.15) is 5.10 Å². The zero-order valence-corrected chi connectivity index (χ0v) is 13.4. The molecule has 0 aromatic heterocycles. The molecule has 0 N–H and O–H groups in total. The van der Waals surface area contributed by atoms with Crippen LogP contribution in [0.3, 0.4) is 0 Å². The molecule has 5 heteroatoms. The molecule has 0 atom stereocenters. The molecular formula is C16H16Cl2N2O. The van der Waals surface area contributed by atoms with Gasteiger partial charge < -0.3 is 9.75 Å². The molecule has 2 aromatic carbocycles. The van der Waals surface area contributed by atoms with E-state index in [0.717, 1.165) is 16.9 Å². The van der Waals surface area contributed by atoms with Crippen LogP contribution in [-0.4, -0.2) is 25.3 Å². The number of halogens is 2. The number of nitrogens with zero attached hydrogens (tertiary/aromatic N) is 2. The van der Waals surface area contributed by atoms with Gasteiger partial charge in [-0.1, -0.05) is 41.4 Å². The van der Waals surface area contributed by atoms with Crippen molar-refractivity contribution in [1.82, 2.24) is 5.01 Å². The summed E-state index contributed by atoms with van der Waals surface area (Å²) in [7, 11) is 3.75. The lowest BCUT2D eigenvalue weighted by atomic mass is 10.2. The monoisotopic (exact) mass is 322 g/mol. The summed E-state index contributed by atoms with van der Waals surface area (Å²) in [5.41, 5.74) is 1.87. The number of rotatable bonds is 5. The van der Waals surface area contributed by atoms with Crippen molar-refractivity contribution in [2.24, 2.45) is 5.10 Å². The highest BCUT2D eigenvalue weighted by atomic mass is 35.5. The van der Waals surface area contributed by atoms with E-state index in [4.69, 9.17) is 27.9 Å². The fraction of sp³-hybridized carbons (Fsp3) is 0.188. The Morgan fingerprint density at radius 3 is 2.67 bits per heavy atom. The van der Waals surface area contributed by atoms with Gasteiger partial charge in [0.05, 0.1) is 6.21 Å². The summed E-state index contributed by atoms with van der Waals surface area (Å²) in [5.74, 6) is 0.767. The standard InChI is InChI=1S/C16H16Cl2N2O/c1-20(2)19-10-12-4-3-5-15(8-12)21-11-13-6-7-14(17)9-16(13)18/h3-10H,11H2,1-2H3/b19-10+. The zero-order chi connectivity index (χ0) is 15.2. The summed E-state index contributed by atoms with van der Waals surface area (Å²) in [5, 5.41) is 7.15. The third-order valence-electron chi connectivity index (χ3n) is 2.71. The Labute approximate surface area is 134 Å². The van der Waals surface area contributed by atoms with Crippen molar-refractivity contribution < 1.29 is 4.74 Å². The highest BCUT2D eigenvalue weighted by molar-refractivity contribution is 6.35.